The van der Waals surface area contributed by atoms with Crippen LogP contribution in [0.4, 0.5) is 4.39 Å². The third kappa shape index (κ3) is 2.40. The molecule has 2 aromatic heterocycles. The topological polar surface area (TPSA) is 46.0 Å². The van der Waals surface area contributed by atoms with Gasteiger partial charge < -0.3 is 5.11 Å². The first kappa shape index (κ1) is 13.8. The van der Waals surface area contributed by atoms with Gasteiger partial charge in [-0.3, -0.25) is 4.98 Å². The summed E-state index contributed by atoms with van der Waals surface area (Å²) in [5, 5.41) is 11.4. The smallest absolute Gasteiger partial charge is 0.124 e. The van der Waals surface area contributed by atoms with Gasteiger partial charge in [-0.25, -0.2) is 9.37 Å². The molecule has 1 aliphatic carbocycles. The Morgan fingerprint density at radius 3 is 2.86 bits per heavy atom. The van der Waals surface area contributed by atoms with Gasteiger partial charge in [-0.15, -0.1) is 11.3 Å². The van der Waals surface area contributed by atoms with Crippen LogP contribution in [0.5, 0.6) is 0 Å². The summed E-state index contributed by atoms with van der Waals surface area (Å²) in [6.45, 7) is 0. The summed E-state index contributed by atoms with van der Waals surface area (Å²) in [4.78, 5) is 8.82. The Balaban J connectivity index is 1.48. The lowest BCUT2D eigenvalue weighted by Gasteiger charge is -2.36. The van der Waals surface area contributed by atoms with Crippen LogP contribution in [-0.2, 0) is 0 Å². The summed E-state index contributed by atoms with van der Waals surface area (Å²) < 4.78 is 14.1. The maximum absolute atomic E-state index is 13.2. The number of nitrogens with zero attached hydrogens (tertiary/aromatic N) is 2. The Hall–Kier alpha value is -1.85. The Bertz CT molecular complexity index is 799. The third-order valence-electron chi connectivity index (χ3n) is 4.33. The van der Waals surface area contributed by atoms with Crippen LogP contribution >= 0.6 is 11.3 Å². The predicted octanol–water partition coefficient (Wildman–Crippen LogP) is 4.06. The summed E-state index contributed by atoms with van der Waals surface area (Å²) in [5.41, 5.74) is 1.59. The monoisotopic (exact) mass is 314 g/mol. The van der Waals surface area contributed by atoms with Gasteiger partial charge in [0.1, 0.15) is 5.82 Å². The molecule has 1 fully saturated rings. The lowest BCUT2D eigenvalue weighted by Crippen LogP contribution is -2.28. The first-order valence-corrected chi connectivity index (χ1v) is 8.17. The predicted molar refractivity (Wildman–Crippen MR) is 84.2 cm³/mol. The highest BCUT2D eigenvalue weighted by Crippen LogP contribution is 2.48. The molecule has 1 aromatic carbocycles. The van der Waals surface area contributed by atoms with Gasteiger partial charge in [0.2, 0.25) is 0 Å². The number of halogens is 1. The van der Waals surface area contributed by atoms with Crippen LogP contribution in [0, 0.1) is 11.7 Å². The minimum atomic E-state index is -0.510. The maximum atomic E-state index is 13.2. The lowest BCUT2D eigenvalue weighted by molar-refractivity contribution is 0.0457. The zero-order valence-electron chi connectivity index (χ0n) is 11.8. The van der Waals surface area contributed by atoms with Crippen molar-refractivity contribution in [1.29, 1.82) is 0 Å². The second kappa shape index (κ2) is 5.41. The van der Waals surface area contributed by atoms with E-state index < -0.39 is 6.10 Å². The van der Waals surface area contributed by atoms with Crippen LogP contribution in [0.3, 0.4) is 0 Å². The third-order valence-corrected chi connectivity index (χ3v) is 5.51. The molecule has 1 saturated carbocycles. The fourth-order valence-corrected chi connectivity index (χ4v) is 4.12. The van der Waals surface area contributed by atoms with E-state index in [-0.39, 0.29) is 11.7 Å². The largest absolute Gasteiger partial charge is 0.387 e. The van der Waals surface area contributed by atoms with Crippen LogP contribution in [0.1, 0.15) is 35.6 Å². The number of rotatable bonds is 3. The van der Waals surface area contributed by atoms with Gasteiger partial charge in [-0.2, -0.15) is 0 Å². The van der Waals surface area contributed by atoms with Crippen molar-refractivity contribution in [2.45, 2.75) is 24.9 Å². The first-order chi connectivity index (χ1) is 10.7. The molecule has 1 unspecified atom stereocenters. The van der Waals surface area contributed by atoms with E-state index >= 15 is 0 Å². The normalized spacial score (nSPS) is 22.5. The minimum absolute atomic E-state index is 0.222. The molecule has 0 aliphatic heterocycles. The Morgan fingerprint density at radius 1 is 1.23 bits per heavy atom. The van der Waals surface area contributed by atoms with Crippen molar-refractivity contribution < 1.29 is 9.50 Å². The molecule has 1 atom stereocenters. The van der Waals surface area contributed by atoms with Crippen molar-refractivity contribution in [3.63, 3.8) is 0 Å². The number of benzene rings is 1. The summed E-state index contributed by atoms with van der Waals surface area (Å²) in [6, 6.07) is 10.3. The highest BCUT2D eigenvalue weighted by molar-refractivity contribution is 7.18. The molecule has 0 saturated heterocycles. The second-order valence-corrected chi connectivity index (χ2v) is 6.85. The molecule has 112 valence electrons. The van der Waals surface area contributed by atoms with E-state index in [9.17, 15) is 9.50 Å². The molecule has 3 nitrogen and oxygen atoms in total. The van der Waals surface area contributed by atoms with Crippen molar-refractivity contribution in [2.24, 2.45) is 5.92 Å². The zero-order valence-corrected chi connectivity index (χ0v) is 12.6. The molecule has 0 bridgehead atoms. The Morgan fingerprint density at radius 2 is 2.09 bits per heavy atom. The minimum Gasteiger partial charge on any atom is -0.387 e. The number of fused-ring (bicyclic) bond motifs is 1. The number of aliphatic hydroxyl groups excluding tert-OH is 1. The molecule has 0 amide bonds. The summed E-state index contributed by atoms with van der Waals surface area (Å²) in [7, 11) is 0. The van der Waals surface area contributed by atoms with E-state index in [0.717, 1.165) is 33.8 Å². The number of hydrogen-bond acceptors (Lipinski definition) is 4. The van der Waals surface area contributed by atoms with Gasteiger partial charge in [0, 0.05) is 12.1 Å². The van der Waals surface area contributed by atoms with Gasteiger partial charge in [0.25, 0.3) is 0 Å². The number of aliphatic hydroxyl groups is 1. The standard InChI is InChI=1S/C17H15FN2OS/c18-12-4-5-13-15(9-12)22-17(20-13)11-7-10(8-11)16(21)14-3-1-2-6-19-14/h1-6,9-11,16,21H,7-8H2. The van der Waals surface area contributed by atoms with Crippen LogP contribution in [0.2, 0.25) is 0 Å². The average molecular weight is 314 g/mol. The second-order valence-electron chi connectivity index (χ2n) is 5.79. The fraction of sp³-hybridized carbons (Fsp3) is 0.294. The number of hydrogen-bond donors (Lipinski definition) is 1. The Labute approximate surface area is 131 Å². The van der Waals surface area contributed by atoms with E-state index in [2.05, 4.69) is 9.97 Å². The van der Waals surface area contributed by atoms with Crippen LogP contribution in [-0.4, -0.2) is 15.1 Å². The summed E-state index contributed by atoms with van der Waals surface area (Å²) in [5.74, 6) is 0.368. The first-order valence-electron chi connectivity index (χ1n) is 7.35. The number of aromatic nitrogens is 2. The van der Waals surface area contributed by atoms with Gasteiger partial charge in [-0.05, 0) is 49.1 Å². The number of thiazole rings is 1. The van der Waals surface area contributed by atoms with Gasteiger partial charge in [0.15, 0.2) is 0 Å². The molecular weight excluding hydrogens is 299 g/mol. The van der Waals surface area contributed by atoms with Gasteiger partial charge in [-0.1, -0.05) is 6.07 Å². The SMILES string of the molecule is OC(c1ccccn1)C1CC(c2nc3ccc(F)cc3s2)C1. The highest BCUT2D eigenvalue weighted by atomic mass is 32.1. The highest BCUT2D eigenvalue weighted by Gasteiger charge is 2.37. The summed E-state index contributed by atoms with van der Waals surface area (Å²) >= 11 is 1.56. The van der Waals surface area contributed by atoms with Gasteiger partial charge >= 0.3 is 0 Å². The molecule has 1 N–H and O–H groups in total. The molecule has 1 aliphatic rings. The number of pyridine rings is 1. The van der Waals surface area contributed by atoms with Crippen molar-refractivity contribution in [3.8, 4) is 0 Å². The van der Waals surface area contributed by atoms with E-state index in [0.29, 0.717) is 5.92 Å². The fourth-order valence-electron chi connectivity index (χ4n) is 3.00. The van der Waals surface area contributed by atoms with E-state index in [1.807, 2.05) is 18.2 Å². The molecule has 3 aromatic rings. The molecule has 0 radical (unpaired) electrons. The van der Waals surface area contributed by atoms with Crippen molar-refractivity contribution in [3.05, 3.63) is 59.1 Å². The quantitative estimate of drug-likeness (QED) is 0.793. The van der Waals surface area contributed by atoms with Gasteiger partial charge in [0.05, 0.1) is 27.0 Å². The van der Waals surface area contributed by atoms with Crippen molar-refractivity contribution >= 4 is 21.6 Å². The lowest BCUT2D eigenvalue weighted by atomic mass is 9.71. The van der Waals surface area contributed by atoms with E-state index in [4.69, 9.17) is 0 Å². The Kier molecular flexibility index (Phi) is 3.39. The average Bonchev–Trinajstić information content (AvgIpc) is 2.89. The molecule has 4 rings (SSSR count). The summed E-state index contributed by atoms with van der Waals surface area (Å²) in [6.07, 6.45) is 3.00. The van der Waals surface area contributed by atoms with Crippen molar-refractivity contribution in [2.75, 3.05) is 0 Å². The molecule has 0 spiro atoms. The van der Waals surface area contributed by atoms with Crippen LogP contribution < -0.4 is 0 Å². The molecule has 5 heteroatoms. The van der Waals surface area contributed by atoms with Crippen LogP contribution in [0.15, 0.2) is 42.6 Å². The van der Waals surface area contributed by atoms with Crippen molar-refractivity contribution in [1.82, 2.24) is 9.97 Å². The molecular formula is C17H15FN2OS. The maximum Gasteiger partial charge on any atom is 0.124 e. The molecule has 22 heavy (non-hydrogen) atoms. The molecule has 2 heterocycles. The van der Waals surface area contributed by atoms with E-state index in [1.54, 1.807) is 23.6 Å². The van der Waals surface area contributed by atoms with Crippen LogP contribution in [0.25, 0.3) is 10.2 Å². The zero-order chi connectivity index (χ0) is 15.1. The van der Waals surface area contributed by atoms with E-state index in [1.165, 1.54) is 12.1 Å².